The minimum atomic E-state index is -1.35. The Morgan fingerprint density at radius 3 is 2.68 bits per heavy atom. The van der Waals surface area contributed by atoms with Gasteiger partial charge in [0, 0.05) is 10.4 Å². The molecule has 0 bridgehead atoms. The lowest BCUT2D eigenvalue weighted by molar-refractivity contribution is -0.255. The second-order valence-electron chi connectivity index (χ2n) is 6.24. The Kier molecular flexibility index (Phi) is 4.59. The lowest BCUT2D eigenvalue weighted by Gasteiger charge is -2.18. The molecule has 7 heteroatoms. The number of primary amides is 1. The van der Waals surface area contributed by atoms with Crippen LogP contribution in [0.4, 0.5) is 5.00 Å². The zero-order chi connectivity index (χ0) is 18.1. The summed E-state index contributed by atoms with van der Waals surface area (Å²) in [7, 11) is 0. The summed E-state index contributed by atoms with van der Waals surface area (Å²) in [4.78, 5) is 36.4. The van der Waals surface area contributed by atoms with Crippen molar-refractivity contribution in [2.24, 2.45) is 11.7 Å². The Bertz CT molecular complexity index is 872. The third-order valence-corrected chi connectivity index (χ3v) is 5.52. The summed E-state index contributed by atoms with van der Waals surface area (Å²) in [5, 5.41) is 14.1. The van der Waals surface area contributed by atoms with Crippen molar-refractivity contribution in [1.82, 2.24) is 0 Å². The summed E-state index contributed by atoms with van der Waals surface area (Å²) >= 11 is 1.37. The Morgan fingerprint density at radius 2 is 2.00 bits per heavy atom. The van der Waals surface area contributed by atoms with E-state index in [4.69, 9.17) is 5.73 Å². The molecule has 0 aliphatic heterocycles. The average molecular weight is 357 g/mol. The summed E-state index contributed by atoms with van der Waals surface area (Å²) < 4.78 is 0. The molecule has 0 fully saturated rings. The highest BCUT2D eigenvalue weighted by atomic mass is 32.1. The number of thiophene rings is 1. The summed E-state index contributed by atoms with van der Waals surface area (Å²) in [6.07, 6.45) is 2.60. The molecule has 6 nitrogen and oxygen atoms in total. The second kappa shape index (κ2) is 6.68. The molecule has 1 aliphatic carbocycles. The van der Waals surface area contributed by atoms with Crippen molar-refractivity contribution in [1.29, 1.82) is 0 Å². The molecule has 1 atom stereocenters. The van der Waals surface area contributed by atoms with Crippen LogP contribution in [-0.2, 0) is 12.8 Å². The van der Waals surface area contributed by atoms with Gasteiger partial charge in [0.15, 0.2) is 0 Å². The average Bonchev–Trinajstić information content (AvgIpc) is 2.91. The molecule has 0 radical (unpaired) electrons. The molecular formula is C18H17N2O4S-. The maximum absolute atomic E-state index is 12.5. The number of carboxylic acids is 1. The zero-order valence-electron chi connectivity index (χ0n) is 13.6. The molecule has 1 aromatic heterocycles. The molecule has 0 spiro atoms. The van der Waals surface area contributed by atoms with Crippen molar-refractivity contribution in [2.45, 2.75) is 26.2 Å². The molecule has 3 N–H and O–H groups in total. The van der Waals surface area contributed by atoms with Crippen LogP contribution in [0.3, 0.4) is 0 Å². The van der Waals surface area contributed by atoms with Gasteiger partial charge in [-0.15, -0.1) is 11.3 Å². The van der Waals surface area contributed by atoms with E-state index in [1.807, 2.05) is 0 Å². The van der Waals surface area contributed by atoms with Gasteiger partial charge in [-0.05, 0) is 48.4 Å². The molecule has 1 aliphatic rings. The van der Waals surface area contributed by atoms with E-state index in [1.54, 1.807) is 0 Å². The number of rotatable bonds is 4. The van der Waals surface area contributed by atoms with Crippen molar-refractivity contribution in [3.8, 4) is 0 Å². The van der Waals surface area contributed by atoms with Crippen molar-refractivity contribution >= 4 is 34.1 Å². The number of fused-ring (bicyclic) bond motifs is 1. The molecule has 2 amide bonds. The quantitative estimate of drug-likeness (QED) is 0.865. The molecule has 25 heavy (non-hydrogen) atoms. The van der Waals surface area contributed by atoms with E-state index in [1.165, 1.54) is 35.6 Å². The highest BCUT2D eigenvalue weighted by Gasteiger charge is 2.27. The monoisotopic (exact) mass is 357 g/mol. The van der Waals surface area contributed by atoms with Crippen LogP contribution in [-0.4, -0.2) is 17.8 Å². The van der Waals surface area contributed by atoms with Gasteiger partial charge in [-0.1, -0.05) is 19.1 Å². The Balaban J connectivity index is 1.92. The van der Waals surface area contributed by atoms with Gasteiger partial charge in [0.25, 0.3) is 11.8 Å². The second-order valence-corrected chi connectivity index (χ2v) is 7.35. The number of aromatic carboxylic acids is 1. The van der Waals surface area contributed by atoms with E-state index < -0.39 is 17.8 Å². The number of amides is 2. The zero-order valence-corrected chi connectivity index (χ0v) is 14.4. The van der Waals surface area contributed by atoms with Crippen molar-refractivity contribution in [3.05, 3.63) is 51.4 Å². The third-order valence-electron chi connectivity index (χ3n) is 4.35. The molecule has 3 rings (SSSR count). The third kappa shape index (κ3) is 3.41. The summed E-state index contributed by atoms with van der Waals surface area (Å²) in [5.41, 5.74) is 6.92. The van der Waals surface area contributed by atoms with Crippen LogP contribution in [0.25, 0.3) is 0 Å². The number of carbonyl (C=O) groups is 3. The fourth-order valence-electron chi connectivity index (χ4n) is 3.06. The van der Waals surface area contributed by atoms with Crippen molar-refractivity contribution in [3.63, 3.8) is 0 Å². The van der Waals surface area contributed by atoms with Crippen molar-refractivity contribution in [2.75, 3.05) is 5.32 Å². The van der Waals surface area contributed by atoms with Crippen LogP contribution in [0.2, 0.25) is 0 Å². The Labute approximate surface area is 148 Å². The van der Waals surface area contributed by atoms with Crippen molar-refractivity contribution < 1.29 is 19.5 Å². The first-order valence-electron chi connectivity index (χ1n) is 7.94. The first-order chi connectivity index (χ1) is 11.9. The normalized spacial score (nSPS) is 16.1. The van der Waals surface area contributed by atoms with E-state index in [0.717, 1.165) is 29.7 Å². The van der Waals surface area contributed by atoms with Crippen LogP contribution in [0.5, 0.6) is 0 Å². The van der Waals surface area contributed by atoms with Crippen LogP contribution in [0.1, 0.15) is 54.9 Å². The fourth-order valence-corrected chi connectivity index (χ4v) is 4.47. The number of benzene rings is 1. The van der Waals surface area contributed by atoms with Crippen LogP contribution in [0.15, 0.2) is 24.3 Å². The maximum Gasteiger partial charge on any atom is 0.256 e. The smallest absolute Gasteiger partial charge is 0.256 e. The molecule has 0 unspecified atom stereocenters. The molecule has 1 aromatic carbocycles. The van der Waals surface area contributed by atoms with E-state index in [-0.39, 0.29) is 11.1 Å². The van der Waals surface area contributed by atoms with E-state index >= 15 is 0 Å². The number of anilines is 1. The lowest BCUT2D eigenvalue weighted by Crippen LogP contribution is -2.23. The number of hydrogen-bond acceptors (Lipinski definition) is 5. The van der Waals surface area contributed by atoms with Crippen LogP contribution >= 0.6 is 11.3 Å². The van der Waals surface area contributed by atoms with Gasteiger partial charge in [-0.25, -0.2) is 0 Å². The number of nitrogens with two attached hydrogens (primary N) is 1. The Hall–Kier alpha value is -2.67. The topological polar surface area (TPSA) is 112 Å². The Morgan fingerprint density at radius 1 is 1.28 bits per heavy atom. The molecule has 1 heterocycles. The van der Waals surface area contributed by atoms with Gasteiger partial charge >= 0.3 is 0 Å². The van der Waals surface area contributed by atoms with E-state index in [0.29, 0.717) is 16.5 Å². The van der Waals surface area contributed by atoms with Gasteiger partial charge in [-0.3, -0.25) is 9.59 Å². The summed E-state index contributed by atoms with van der Waals surface area (Å²) in [6, 6.07) is 5.56. The van der Waals surface area contributed by atoms with Gasteiger partial charge < -0.3 is 21.0 Å². The fraction of sp³-hybridized carbons (Fsp3) is 0.278. The summed E-state index contributed by atoms with van der Waals surface area (Å²) in [6.45, 7) is 2.15. The maximum atomic E-state index is 12.5. The summed E-state index contributed by atoms with van der Waals surface area (Å²) in [5.74, 6) is -1.88. The van der Waals surface area contributed by atoms with E-state index in [2.05, 4.69) is 12.2 Å². The predicted molar refractivity (Wildman–Crippen MR) is 92.8 cm³/mol. The van der Waals surface area contributed by atoms with Gasteiger partial charge in [-0.2, -0.15) is 0 Å². The van der Waals surface area contributed by atoms with Crippen LogP contribution < -0.4 is 16.2 Å². The van der Waals surface area contributed by atoms with Gasteiger partial charge in [0.2, 0.25) is 0 Å². The van der Waals surface area contributed by atoms with E-state index in [9.17, 15) is 19.5 Å². The minimum absolute atomic E-state index is 0.0814. The van der Waals surface area contributed by atoms with Crippen LogP contribution in [0, 0.1) is 5.92 Å². The standard InChI is InChI=1S/C18H18N2O4S/c1-9-5-6-12-13(7-9)25-17(14(12)15(19)21)20-16(22)10-3-2-4-11(8-10)18(23)24/h2-4,8-9H,5-7H2,1H3,(H2,19,21)(H,20,22)(H,23,24)/p-1/t9-/m1/s1. The highest BCUT2D eigenvalue weighted by molar-refractivity contribution is 7.17. The first-order valence-corrected chi connectivity index (χ1v) is 8.75. The lowest BCUT2D eigenvalue weighted by atomic mass is 9.88. The molecular weight excluding hydrogens is 340 g/mol. The minimum Gasteiger partial charge on any atom is -0.545 e. The largest absolute Gasteiger partial charge is 0.545 e. The molecule has 0 saturated carbocycles. The first kappa shape index (κ1) is 17.2. The number of nitrogens with one attached hydrogen (secondary N) is 1. The SMILES string of the molecule is C[C@@H]1CCc2c(sc(NC(=O)c3cccc(C(=O)[O-])c3)c2C(N)=O)C1. The number of carboxylic acid groups (broad SMARTS) is 1. The molecule has 0 saturated heterocycles. The number of carbonyl (C=O) groups excluding carboxylic acids is 3. The van der Waals surface area contributed by atoms with Gasteiger partial charge in [0.05, 0.1) is 11.5 Å². The highest BCUT2D eigenvalue weighted by Crippen LogP contribution is 2.39. The predicted octanol–water partition coefficient (Wildman–Crippen LogP) is 1.59. The van der Waals surface area contributed by atoms with Gasteiger partial charge in [0.1, 0.15) is 5.00 Å². The molecule has 2 aromatic rings. The molecule has 130 valence electrons. The number of hydrogen-bond donors (Lipinski definition) is 2.